The van der Waals surface area contributed by atoms with Crippen molar-refractivity contribution in [1.82, 2.24) is 20.1 Å². The first-order valence-electron chi connectivity index (χ1n) is 9.73. The number of hydrogen-bond donors (Lipinski definition) is 2. The van der Waals surface area contributed by atoms with Crippen LogP contribution in [0, 0.1) is 26.2 Å². The zero-order chi connectivity index (χ0) is 20.9. The SMILES string of the molecule is COc1cc2c(cc1-c1c(C)noc1C)[nH]c1nc(C)nc(NCC(C)(C)C)c12. The second-order valence-corrected chi connectivity index (χ2v) is 8.68. The predicted molar refractivity (Wildman–Crippen MR) is 116 cm³/mol. The molecule has 0 bridgehead atoms. The fourth-order valence-corrected chi connectivity index (χ4v) is 3.64. The van der Waals surface area contributed by atoms with Gasteiger partial charge in [-0.05, 0) is 38.3 Å². The van der Waals surface area contributed by atoms with Gasteiger partial charge in [0.05, 0.1) is 23.8 Å². The molecule has 0 unspecified atom stereocenters. The van der Waals surface area contributed by atoms with Crippen LogP contribution >= 0.6 is 0 Å². The highest BCUT2D eigenvalue weighted by atomic mass is 16.5. The minimum atomic E-state index is 0.130. The molecule has 0 radical (unpaired) electrons. The van der Waals surface area contributed by atoms with Crippen LogP contribution in [0.2, 0.25) is 0 Å². The van der Waals surface area contributed by atoms with E-state index in [0.29, 0.717) is 0 Å². The summed E-state index contributed by atoms with van der Waals surface area (Å²) in [6.07, 6.45) is 0. The first kappa shape index (κ1) is 19.2. The molecule has 0 aliphatic rings. The van der Waals surface area contributed by atoms with Gasteiger partial charge in [-0.2, -0.15) is 0 Å². The molecular weight excluding hydrogens is 366 g/mol. The average Bonchev–Trinajstić information content (AvgIpc) is 3.16. The number of nitrogens with zero attached hydrogens (tertiary/aromatic N) is 3. The zero-order valence-electron chi connectivity index (χ0n) is 18.0. The fraction of sp³-hybridized carbons (Fsp3) is 0.409. The fourth-order valence-electron chi connectivity index (χ4n) is 3.64. The Morgan fingerprint density at radius 3 is 2.52 bits per heavy atom. The second kappa shape index (κ2) is 6.76. The van der Waals surface area contributed by atoms with Gasteiger partial charge in [-0.25, -0.2) is 9.97 Å². The Kier molecular flexibility index (Phi) is 4.48. The zero-order valence-corrected chi connectivity index (χ0v) is 18.0. The molecule has 29 heavy (non-hydrogen) atoms. The van der Waals surface area contributed by atoms with Gasteiger partial charge in [0.25, 0.3) is 0 Å². The van der Waals surface area contributed by atoms with Crippen LogP contribution in [0.1, 0.15) is 38.0 Å². The Morgan fingerprint density at radius 2 is 1.90 bits per heavy atom. The van der Waals surface area contributed by atoms with Crippen molar-refractivity contribution in [2.45, 2.75) is 41.5 Å². The summed E-state index contributed by atoms with van der Waals surface area (Å²) in [5.74, 6) is 3.08. The normalized spacial score (nSPS) is 12.1. The summed E-state index contributed by atoms with van der Waals surface area (Å²) in [4.78, 5) is 12.7. The van der Waals surface area contributed by atoms with Crippen LogP contribution in [0.3, 0.4) is 0 Å². The lowest BCUT2D eigenvalue weighted by Crippen LogP contribution is -2.20. The first-order chi connectivity index (χ1) is 13.7. The standard InChI is InChI=1S/C22H27N5O2/c1-11-18(12(2)29-27-11)15-8-16-14(9-17(15)28-7)19-20(23-10-22(4,5)6)24-13(3)25-21(19)26-16/h8-9H,10H2,1-7H3,(H2,23,24,25,26). The third kappa shape index (κ3) is 3.41. The van der Waals surface area contributed by atoms with Crippen LogP contribution in [0.25, 0.3) is 33.1 Å². The number of aromatic nitrogens is 4. The molecule has 0 aliphatic carbocycles. The van der Waals surface area contributed by atoms with E-state index in [-0.39, 0.29) is 5.41 Å². The lowest BCUT2D eigenvalue weighted by atomic mass is 9.97. The van der Waals surface area contributed by atoms with Crippen LogP contribution < -0.4 is 10.1 Å². The number of methoxy groups -OCH3 is 1. The van der Waals surface area contributed by atoms with Crippen LogP contribution in [-0.2, 0) is 0 Å². The molecule has 0 aliphatic heterocycles. The molecule has 7 nitrogen and oxygen atoms in total. The van der Waals surface area contributed by atoms with Crippen molar-refractivity contribution < 1.29 is 9.26 Å². The van der Waals surface area contributed by atoms with Gasteiger partial charge in [0.15, 0.2) is 0 Å². The van der Waals surface area contributed by atoms with E-state index in [2.05, 4.69) is 52.3 Å². The molecule has 1 aromatic carbocycles. The van der Waals surface area contributed by atoms with E-state index in [1.807, 2.05) is 26.8 Å². The van der Waals surface area contributed by atoms with Gasteiger partial charge in [0, 0.05) is 23.0 Å². The summed E-state index contributed by atoms with van der Waals surface area (Å²) < 4.78 is 11.1. The maximum absolute atomic E-state index is 5.74. The molecular formula is C22H27N5O2. The van der Waals surface area contributed by atoms with Crippen molar-refractivity contribution in [1.29, 1.82) is 0 Å². The number of benzene rings is 1. The summed E-state index contributed by atoms with van der Waals surface area (Å²) in [7, 11) is 1.68. The van der Waals surface area contributed by atoms with Gasteiger partial charge in [-0.15, -0.1) is 0 Å². The number of nitrogens with one attached hydrogen (secondary N) is 2. The molecule has 4 aromatic rings. The number of anilines is 1. The number of rotatable bonds is 4. The lowest BCUT2D eigenvalue weighted by molar-refractivity contribution is 0.393. The molecule has 4 rings (SSSR count). The first-order valence-corrected chi connectivity index (χ1v) is 9.73. The molecule has 7 heteroatoms. The van der Waals surface area contributed by atoms with E-state index in [1.54, 1.807) is 7.11 Å². The summed E-state index contributed by atoms with van der Waals surface area (Å²) in [6.45, 7) is 13.1. The van der Waals surface area contributed by atoms with Crippen LogP contribution in [0.15, 0.2) is 16.7 Å². The number of aryl methyl sites for hydroxylation is 3. The van der Waals surface area contributed by atoms with E-state index >= 15 is 0 Å². The molecule has 3 heterocycles. The Labute approximate surface area is 169 Å². The summed E-state index contributed by atoms with van der Waals surface area (Å²) in [6, 6.07) is 4.11. The van der Waals surface area contributed by atoms with Crippen molar-refractivity contribution in [2.24, 2.45) is 5.41 Å². The van der Waals surface area contributed by atoms with Crippen LogP contribution in [0.5, 0.6) is 5.75 Å². The Balaban J connectivity index is 1.97. The van der Waals surface area contributed by atoms with Gasteiger partial charge < -0.3 is 19.6 Å². The molecule has 0 atom stereocenters. The number of H-pyrrole nitrogens is 1. The van der Waals surface area contributed by atoms with E-state index in [9.17, 15) is 0 Å². The minimum Gasteiger partial charge on any atom is -0.496 e. The Bertz CT molecular complexity index is 1190. The third-order valence-electron chi connectivity index (χ3n) is 4.97. The highest BCUT2D eigenvalue weighted by Crippen LogP contribution is 2.40. The van der Waals surface area contributed by atoms with Crippen LogP contribution in [-0.4, -0.2) is 33.8 Å². The number of hydrogen-bond acceptors (Lipinski definition) is 6. The second-order valence-electron chi connectivity index (χ2n) is 8.68. The highest BCUT2D eigenvalue weighted by molar-refractivity contribution is 6.12. The Hall–Kier alpha value is -3.09. The highest BCUT2D eigenvalue weighted by Gasteiger charge is 2.21. The largest absolute Gasteiger partial charge is 0.496 e. The average molecular weight is 393 g/mol. The lowest BCUT2D eigenvalue weighted by Gasteiger charge is -2.19. The molecule has 152 valence electrons. The van der Waals surface area contributed by atoms with Gasteiger partial charge in [-0.1, -0.05) is 25.9 Å². The molecule has 3 aromatic heterocycles. The number of aromatic amines is 1. The number of ether oxygens (including phenoxy) is 1. The maximum Gasteiger partial charge on any atom is 0.144 e. The quantitative estimate of drug-likeness (QED) is 0.498. The summed E-state index contributed by atoms with van der Waals surface area (Å²) >= 11 is 0. The van der Waals surface area contributed by atoms with Crippen molar-refractivity contribution in [3.63, 3.8) is 0 Å². The minimum absolute atomic E-state index is 0.130. The molecule has 0 spiro atoms. The smallest absolute Gasteiger partial charge is 0.144 e. The molecule has 0 saturated heterocycles. The van der Waals surface area contributed by atoms with Gasteiger partial charge in [0.1, 0.15) is 28.8 Å². The predicted octanol–water partition coefficient (Wildman–Crippen LogP) is 5.16. The Morgan fingerprint density at radius 1 is 1.14 bits per heavy atom. The summed E-state index contributed by atoms with van der Waals surface area (Å²) in [5, 5.41) is 9.59. The monoisotopic (exact) mass is 393 g/mol. The number of fused-ring (bicyclic) bond motifs is 3. The molecule has 0 amide bonds. The van der Waals surface area contributed by atoms with Gasteiger partial charge >= 0.3 is 0 Å². The third-order valence-corrected chi connectivity index (χ3v) is 4.97. The van der Waals surface area contributed by atoms with Crippen molar-refractivity contribution in [2.75, 3.05) is 19.0 Å². The van der Waals surface area contributed by atoms with E-state index in [1.165, 1.54) is 0 Å². The van der Waals surface area contributed by atoms with Crippen molar-refractivity contribution >= 4 is 27.8 Å². The van der Waals surface area contributed by atoms with Gasteiger partial charge in [0.2, 0.25) is 0 Å². The molecule has 0 fully saturated rings. The molecule has 0 saturated carbocycles. The maximum atomic E-state index is 5.74. The van der Waals surface area contributed by atoms with E-state index in [0.717, 1.165) is 68.5 Å². The van der Waals surface area contributed by atoms with Gasteiger partial charge in [-0.3, -0.25) is 0 Å². The van der Waals surface area contributed by atoms with E-state index in [4.69, 9.17) is 9.26 Å². The summed E-state index contributed by atoms with van der Waals surface area (Å²) in [5.41, 5.74) is 4.63. The van der Waals surface area contributed by atoms with Crippen LogP contribution in [0.4, 0.5) is 5.82 Å². The molecule has 2 N–H and O–H groups in total. The topological polar surface area (TPSA) is 88.9 Å². The van der Waals surface area contributed by atoms with Crippen molar-refractivity contribution in [3.8, 4) is 16.9 Å². The van der Waals surface area contributed by atoms with Crippen molar-refractivity contribution in [3.05, 3.63) is 29.4 Å². The van der Waals surface area contributed by atoms with E-state index < -0.39 is 0 Å².